The van der Waals surface area contributed by atoms with Crippen molar-refractivity contribution < 1.29 is 28.6 Å². The highest BCUT2D eigenvalue weighted by Crippen LogP contribution is 2.28. The number of benzene rings is 1. The van der Waals surface area contributed by atoms with Crippen molar-refractivity contribution in [1.82, 2.24) is 0 Å². The molecule has 2 rings (SSSR count). The van der Waals surface area contributed by atoms with Gasteiger partial charge in [-0.2, -0.15) is 0 Å². The van der Waals surface area contributed by atoms with Crippen molar-refractivity contribution in [1.29, 1.82) is 0 Å². The summed E-state index contributed by atoms with van der Waals surface area (Å²) in [6.45, 7) is -0.443. The van der Waals surface area contributed by atoms with E-state index in [0.29, 0.717) is 22.1 Å². The minimum Gasteiger partial charge on any atom is -0.497 e. The molecule has 1 N–H and O–H groups in total. The number of carbonyl (C=O) groups is 3. The van der Waals surface area contributed by atoms with Gasteiger partial charge in [0.15, 0.2) is 12.4 Å². The molecule has 8 heteroatoms. The van der Waals surface area contributed by atoms with Crippen LogP contribution in [0.15, 0.2) is 35.7 Å². The summed E-state index contributed by atoms with van der Waals surface area (Å²) in [4.78, 5) is 36.0. The van der Waals surface area contributed by atoms with E-state index >= 15 is 0 Å². The highest BCUT2D eigenvalue weighted by atomic mass is 32.1. The fourth-order valence-electron chi connectivity index (χ4n) is 2.08. The second-order valence-electron chi connectivity index (χ2n) is 5.18. The van der Waals surface area contributed by atoms with Gasteiger partial charge in [0, 0.05) is 12.5 Å². The Morgan fingerprint density at radius 3 is 2.54 bits per heavy atom. The van der Waals surface area contributed by atoms with Crippen molar-refractivity contribution in [3.63, 3.8) is 0 Å². The zero-order chi connectivity index (χ0) is 18.9. The third-order valence-corrected chi connectivity index (χ3v) is 4.31. The topological polar surface area (TPSA) is 90.9 Å². The monoisotopic (exact) mass is 377 g/mol. The fraction of sp³-hybridized carbons (Fsp3) is 0.278. The molecular formula is C18H19NO6S. The Labute approximate surface area is 154 Å². The predicted molar refractivity (Wildman–Crippen MR) is 97.0 cm³/mol. The minimum absolute atomic E-state index is 0.0489. The molecule has 138 valence electrons. The summed E-state index contributed by atoms with van der Waals surface area (Å²) in [7, 11) is 2.99. The second-order valence-corrected chi connectivity index (χ2v) is 6.12. The normalized spacial score (nSPS) is 10.1. The Balaban J connectivity index is 1.77. The van der Waals surface area contributed by atoms with E-state index in [4.69, 9.17) is 14.2 Å². The van der Waals surface area contributed by atoms with Crippen LogP contribution in [0.2, 0.25) is 0 Å². The quantitative estimate of drug-likeness (QED) is 0.534. The standard InChI is InChI=1S/C18H19NO6S/c1-23-12-5-6-13(15(10-12)24-2)19-17(21)11-25-18(22)8-7-14(20)16-4-3-9-26-16/h3-6,9-10H,7-8,11H2,1-2H3,(H,19,21). The van der Waals surface area contributed by atoms with E-state index in [9.17, 15) is 14.4 Å². The number of methoxy groups -OCH3 is 2. The van der Waals surface area contributed by atoms with Crippen LogP contribution < -0.4 is 14.8 Å². The van der Waals surface area contributed by atoms with E-state index in [1.165, 1.54) is 25.6 Å². The zero-order valence-corrected chi connectivity index (χ0v) is 15.3. The van der Waals surface area contributed by atoms with Crippen LogP contribution in [0.4, 0.5) is 5.69 Å². The molecule has 0 spiro atoms. The Hall–Kier alpha value is -2.87. The molecule has 0 unspecified atom stereocenters. The maximum absolute atomic E-state index is 11.9. The Bertz CT molecular complexity index is 772. The van der Waals surface area contributed by atoms with Crippen molar-refractivity contribution in [2.45, 2.75) is 12.8 Å². The van der Waals surface area contributed by atoms with E-state index in [1.54, 1.807) is 35.7 Å². The molecule has 0 aliphatic rings. The van der Waals surface area contributed by atoms with Gasteiger partial charge in [-0.15, -0.1) is 11.3 Å². The lowest BCUT2D eigenvalue weighted by Gasteiger charge is -2.11. The molecule has 0 aliphatic heterocycles. The maximum atomic E-state index is 11.9. The van der Waals surface area contributed by atoms with Crippen LogP contribution in [0, 0.1) is 0 Å². The molecule has 0 atom stereocenters. The average Bonchev–Trinajstić information content (AvgIpc) is 3.19. The van der Waals surface area contributed by atoms with Crippen LogP contribution in [0.25, 0.3) is 0 Å². The number of ketones is 1. The van der Waals surface area contributed by atoms with Crippen molar-refractivity contribution in [2.75, 3.05) is 26.1 Å². The molecule has 0 fully saturated rings. The molecule has 1 aromatic heterocycles. The third-order valence-electron chi connectivity index (χ3n) is 3.40. The number of nitrogens with one attached hydrogen (secondary N) is 1. The summed E-state index contributed by atoms with van der Waals surface area (Å²) in [6, 6.07) is 8.39. The number of hydrogen-bond donors (Lipinski definition) is 1. The molecule has 0 saturated carbocycles. The van der Waals surface area contributed by atoms with Crippen LogP contribution in [0.5, 0.6) is 11.5 Å². The number of Topliss-reactive ketones (excluding diaryl/α,β-unsaturated/α-hetero) is 1. The van der Waals surface area contributed by atoms with Crippen molar-refractivity contribution >= 4 is 34.7 Å². The van der Waals surface area contributed by atoms with Crippen LogP contribution in [-0.2, 0) is 14.3 Å². The number of amides is 1. The lowest BCUT2D eigenvalue weighted by molar-refractivity contribution is -0.147. The lowest BCUT2D eigenvalue weighted by Crippen LogP contribution is -2.21. The first-order valence-corrected chi connectivity index (χ1v) is 8.65. The van der Waals surface area contributed by atoms with Gasteiger partial charge in [-0.05, 0) is 23.6 Å². The molecular weight excluding hydrogens is 358 g/mol. The number of thiophene rings is 1. The largest absolute Gasteiger partial charge is 0.497 e. The van der Waals surface area contributed by atoms with Crippen molar-refractivity contribution in [3.8, 4) is 11.5 Å². The van der Waals surface area contributed by atoms with Crippen LogP contribution in [0.1, 0.15) is 22.5 Å². The van der Waals surface area contributed by atoms with Crippen LogP contribution >= 0.6 is 11.3 Å². The number of rotatable bonds is 9. The van der Waals surface area contributed by atoms with E-state index in [0.717, 1.165) is 0 Å². The predicted octanol–water partition coefficient (Wildman–Crippen LogP) is 2.91. The van der Waals surface area contributed by atoms with Crippen molar-refractivity contribution in [2.24, 2.45) is 0 Å². The molecule has 0 bridgehead atoms. The highest BCUT2D eigenvalue weighted by Gasteiger charge is 2.14. The van der Waals surface area contributed by atoms with Gasteiger partial charge in [-0.1, -0.05) is 6.07 Å². The van der Waals surface area contributed by atoms with Gasteiger partial charge < -0.3 is 19.5 Å². The minimum atomic E-state index is -0.605. The van der Waals surface area contributed by atoms with Gasteiger partial charge in [0.25, 0.3) is 5.91 Å². The van der Waals surface area contributed by atoms with Crippen LogP contribution in [-0.4, -0.2) is 38.5 Å². The van der Waals surface area contributed by atoms with Gasteiger partial charge in [-0.3, -0.25) is 14.4 Å². The van der Waals surface area contributed by atoms with Crippen molar-refractivity contribution in [3.05, 3.63) is 40.6 Å². The molecule has 26 heavy (non-hydrogen) atoms. The molecule has 2 aromatic rings. The van der Waals surface area contributed by atoms with E-state index in [2.05, 4.69) is 5.32 Å². The van der Waals surface area contributed by atoms with Gasteiger partial charge in [-0.25, -0.2) is 0 Å². The maximum Gasteiger partial charge on any atom is 0.306 e. The summed E-state index contributed by atoms with van der Waals surface area (Å²) in [5.41, 5.74) is 0.433. The van der Waals surface area contributed by atoms with Gasteiger partial charge in [0.05, 0.1) is 31.2 Å². The fourth-order valence-corrected chi connectivity index (χ4v) is 2.78. The summed E-state index contributed by atoms with van der Waals surface area (Å²) < 4.78 is 15.2. The first-order valence-electron chi connectivity index (χ1n) is 7.77. The summed E-state index contributed by atoms with van der Waals surface area (Å²) in [5, 5.41) is 4.39. The molecule has 1 aromatic carbocycles. The molecule has 0 saturated heterocycles. The summed E-state index contributed by atoms with van der Waals surface area (Å²) >= 11 is 1.32. The van der Waals surface area contributed by atoms with Gasteiger partial charge >= 0.3 is 5.97 Å². The van der Waals surface area contributed by atoms with Gasteiger partial charge in [0.1, 0.15) is 11.5 Å². The molecule has 1 amide bonds. The highest BCUT2D eigenvalue weighted by molar-refractivity contribution is 7.12. The Morgan fingerprint density at radius 1 is 1.08 bits per heavy atom. The SMILES string of the molecule is COc1ccc(NC(=O)COC(=O)CCC(=O)c2cccs2)c(OC)c1. The summed E-state index contributed by atoms with van der Waals surface area (Å²) in [6.07, 6.45) is -0.0247. The molecule has 0 radical (unpaired) electrons. The number of esters is 1. The van der Waals surface area contributed by atoms with E-state index < -0.39 is 18.5 Å². The lowest BCUT2D eigenvalue weighted by atomic mass is 10.2. The Kier molecular flexibility index (Phi) is 7.16. The number of hydrogen-bond acceptors (Lipinski definition) is 7. The Morgan fingerprint density at radius 2 is 1.88 bits per heavy atom. The molecule has 0 aliphatic carbocycles. The number of carbonyl (C=O) groups excluding carboxylic acids is 3. The first-order chi connectivity index (χ1) is 12.5. The summed E-state index contributed by atoms with van der Waals surface area (Å²) in [5.74, 6) is -0.227. The smallest absolute Gasteiger partial charge is 0.306 e. The van der Waals surface area contributed by atoms with Gasteiger partial charge in [0.2, 0.25) is 0 Å². The third kappa shape index (κ3) is 5.59. The first kappa shape index (κ1) is 19.5. The van der Waals surface area contributed by atoms with Crippen LogP contribution in [0.3, 0.4) is 0 Å². The van der Waals surface area contributed by atoms with E-state index in [1.807, 2.05) is 0 Å². The number of anilines is 1. The average molecular weight is 377 g/mol. The molecule has 1 heterocycles. The second kappa shape index (κ2) is 9.57. The molecule has 7 nitrogen and oxygen atoms in total. The van der Waals surface area contributed by atoms with E-state index in [-0.39, 0.29) is 18.6 Å². The number of ether oxygens (including phenoxy) is 3. The zero-order valence-electron chi connectivity index (χ0n) is 14.4.